The molecule has 0 spiro atoms. The maximum Gasteiger partial charge on any atom is 0.223 e. The van der Waals surface area contributed by atoms with E-state index in [4.69, 9.17) is 9.47 Å². The van der Waals surface area contributed by atoms with Crippen molar-refractivity contribution in [3.8, 4) is 11.5 Å². The van der Waals surface area contributed by atoms with Gasteiger partial charge in [-0.3, -0.25) is 0 Å². The van der Waals surface area contributed by atoms with Gasteiger partial charge in [-0.15, -0.1) is 11.3 Å². The highest BCUT2D eigenvalue weighted by molar-refractivity contribution is 7.14. The topological polar surface area (TPSA) is 30.8 Å². The van der Waals surface area contributed by atoms with Crippen LogP contribution in [-0.4, -0.2) is 5.90 Å². The van der Waals surface area contributed by atoms with E-state index in [1.807, 2.05) is 73.7 Å². The number of ether oxygens (including phenoxy) is 2. The fraction of sp³-hybridized carbons (Fsp3) is 0.0500. The van der Waals surface area contributed by atoms with Crippen molar-refractivity contribution in [3.05, 3.63) is 90.0 Å². The number of benzene rings is 2. The van der Waals surface area contributed by atoms with Crippen LogP contribution in [0, 0.1) is 6.92 Å². The van der Waals surface area contributed by atoms with Crippen molar-refractivity contribution >= 4 is 22.2 Å². The second-order valence-corrected chi connectivity index (χ2v) is 5.95. The summed E-state index contributed by atoms with van der Waals surface area (Å²) in [4.78, 5) is 4.55. The summed E-state index contributed by atoms with van der Waals surface area (Å²) in [6, 6.07) is 21.2. The third-order valence-electron chi connectivity index (χ3n) is 3.06. The average molecular weight is 335 g/mol. The average Bonchev–Trinajstić information content (AvgIpc) is 3.01. The molecule has 3 rings (SSSR count). The van der Waals surface area contributed by atoms with Crippen molar-refractivity contribution in [3.63, 3.8) is 0 Å². The van der Waals surface area contributed by atoms with Gasteiger partial charge in [-0.25, -0.2) is 4.99 Å². The fourth-order valence-corrected chi connectivity index (χ4v) is 2.73. The van der Waals surface area contributed by atoms with Crippen LogP contribution in [0.2, 0.25) is 0 Å². The number of hydrogen-bond acceptors (Lipinski definition) is 4. The van der Waals surface area contributed by atoms with Gasteiger partial charge in [-0.1, -0.05) is 36.4 Å². The van der Waals surface area contributed by atoms with E-state index in [0.29, 0.717) is 5.90 Å². The maximum absolute atomic E-state index is 5.86. The molecule has 0 aliphatic rings. The van der Waals surface area contributed by atoms with Crippen LogP contribution in [0.3, 0.4) is 0 Å². The lowest BCUT2D eigenvalue weighted by Crippen LogP contribution is -2.05. The van der Waals surface area contributed by atoms with Gasteiger partial charge < -0.3 is 9.47 Å². The third-order valence-corrected chi connectivity index (χ3v) is 4.00. The van der Waals surface area contributed by atoms with Gasteiger partial charge in [0, 0.05) is 6.08 Å². The van der Waals surface area contributed by atoms with Crippen LogP contribution in [0.25, 0.3) is 0 Å². The minimum absolute atomic E-state index is 0.471. The third kappa shape index (κ3) is 4.83. The van der Waals surface area contributed by atoms with Gasteiger partial charge in [0.05, 0.1) is 6.26 Å². The molecule has 0 amide bonds. The monoisotopic (exact) mass is 335 g/mol. The van der Waals surface area contributed by atoms with Crippen molar-refractivity contribution in [1.29, 1.82) is 0 Å². The molecule has 0 atom stereocenters. The van der Waals surface area contributed by atoms with Crippen molar-refractivity contribution in [2.75, 3.05) is 0 Å². The Hall–Kier alpha value is -2.85. The lowest BCUT2D eigenvalue weighted by Gasteiger charge is -2.05. The summed E-state index contributed by atoms with van der Waals surface area (Å²) in [6.45, 7) is 2.04. The van der Waals surface area contributed by atoms with E-state index < -0.39 is 0 Å². The first-order chi connectivity index (χ1) is 11.8. The molecule has 4 heteroatoms. The SMILES string of the molecule is Cc1csc(N=C(C=COc2ccccc2)Oc2ccccc2)c1. The Morgan fingerprint density at radius 3 is 2.25 bits per heavy atom. The Morgan fingerprint density at radius 1 is 0.958 bits per heavy atom. The van der Waals surface area contributed by atoms with Crippen molar-refractivity contribution in [2.45, 2.75) is 6.92 Å². The first kappa shape index (κ1) is 16.0. The largest absolute Gasteiger partial charge is 0.465 e. The van der Waals surface area contributed by atoms with Gasteiger partial charge >= 0.3 is 0 Å². The molecule has 1 aromatic heterocycles. The highest BCUT2D eigenvalue weighted by Crippen LogP contribution is 2.24. The minimum atomic E-state index is 0.471. The summed E-state index contributed by atoms with van der Waals surface area (Å²) >= 11 is 1.58. The molecule has 0 saturated heterocycles. The molecule has 3 nitrogen and oxygen atoms in total. The first-order valence-electron chi connectivity index (χ1n) is 7.54. The van der Waals surface area contributed by atoms with Crippen LogP contribution in [0.5, 0.6) is 11.5 Å². The molecule has 120 valence electrons. The molecule has 0 N–H and O–H groups in total. The second kappa shape index (κ2) is 8.13. The number of aliphatic imine (C=N–C) groups is 1. The molecular formula is C20H17NO2S. The highest BCUT2D eigenvalue weighted by Gasteiger charge is 2.02. The van der Waals surface area contributed by atoms with Crippen LogP contribution < -0.4 is 9.47 Å². The number of nitrogens with zero attached hydrogens (tertiary/aromatic N) is 1. The molecule has 2 aromatic carbocycles. The lowest BCUT2D eigenvalue weighted by molar-refractivity contribution is 0.479. The van der Waals surface area contributed by atoms with Gasteiger partial charge in [0.25, 0.3) is 0 Å². The van der Waals surface area contributed by atoms with Gasteiger partial charge in [0.1, 0.15) is 16.5 Å². The summed E-state index contributed by atoms with van der Waals surface area (Å²) in [5, 5.41) is 2.95. The number of para-hydroxylation sites is 2. The quantitative estimate of drug-likeness (QED) is 0.337. The molecule has 0 bridgehead atoms. The van der Waals surface area contributed by atoms with E-state index in [1.54, 1.807) is 23.7 Å². The molecule has 0 unspecified atom stereocenters. The van der Waals surface area contributed by atoms with Gasteiger partial charge in [0.15, 0.2) is 0 Å². The summed E-state index contributed by atoms with van der Waals surface area (Å²) in [6.07, 6.45) is 3.30. The second-order valence-electron chi connectivity index (χ2n) is 5.06. The van der Waals surface area contributed by atoms with Crippen molar-refractivity contribution in [2.24, 2.45) is 4.99 Å². The molecule has 0 radical (unpaired) electrons. The van der Waals surface area contributed by atoms with E-state index in [9.17, 15) is 0 Å². The Labute approximate surface area is 145 Å². The maximum atomic E-state index is 5.86. The summed E-state index contributed by atoms with van der Waals surface area (Å²) in [5.41, 5.74) is 1.18. The van der Waals surface area contributed by atoms with Crippen molar-refractivity contribution in [1.82, 2.24) is 0 Å². The van der Waals surface area contributed by atoms with Crippen LogP contribution >= 0.6 is 11.3 Å². The Morgan fingerprint density at radius 2 is 1.62 bits per heavy atom. The zero-order chi connectivity index (χ0) is 16.6. The zero-order valence-corrected chi connectivity index (χ0v) is 14.1. The molecule has 0 saturated carbocycles. The van der Waals surface area contributed by atoms with Crippen LogP contribution in [0.1, 0.15) is 5.56 Å². The van der Waals surface area contributed by atoms with E-state index >= 15 is 0 Å². The zero-order valence-electron chi connectivity index (χ0n) is 13.3. The Bertz CT molecular complexity index is 823. The lowest BCUT2D eigenvalue weighted by atomic mass is 10.3. The predicted molar refractivity (Wildman–Crippen MR) is 99.4 cm³/mol. The summed E-state index contributed by atoms with van der Waals surface area (Å²) in [7, 11) is 0. The molecular weight excluding hydrogens is 318 g/mol. The molecule has 24 heavy (non-hydrogen) atoms. The van der Waals surface area contributed by atoms with Crippen molar-refractivity contribution < 1.29 is 9.47 Å². The molecule has 0 aliphatic carbocycles. The Kier molecular flexibility index (Phi) is 5.43. The molecule has 1 heterocycles. The standard InChI is InChI=1S/C20H17NO2S/c1-16-14-20(24-15-16)21-19(23-18-10-6-3-7-11-18)12-13-22-17-8-4-2-5-9-17/h2-15H,1H3. The number of aryl methyl sites for hydroxylation is 1. The molecule has 3 aromatic rings. The minimum Gasteiger partial charge on any atom is -0.465 e. The van der Waals surface area contributed by atoms with E-state index in [2.05, 4.69) is 10.4 Å². The van der Waals surface area contributed by atoms with E-state index in [1.165, 1.54) is 5.56 Å². The van der Waals surface area contributed by atoms with Gasteiger partial charge in [-0.2, -0.15) is 0 Å². The first-order valence-corrected chi connectivity index (χ1v) is 8.42. The van der Waals surface area contributed by atoms with E-state index in [-0.39, 0.29) is 0 Å². The smallest absolute Gasteiger partial charge is 0.223 e. The van der Waals surface area contributed by atoms with Gasteiger partial charge in [0.2, 0.25) is 5.90 Å². The number of rotatable bonds is 5. The van der Waals surface area contributed by atoms with Crippen LogP contribution in [-0.2, 0) is 0 Å². The molecule has 0 fully saturated rings. The van der Waals surface area contributed by atoms with Crippen LogP contribution in [0.15, 0.2) is 89.4 Å². The number of thiophene rings is 1. The Balaban J connectivity index is 1.77. The molecule has 0 aliphatic heterocycles. The normalized spacial score (nSPS) is 11.6. The van der Waals surface area contributed by atoms with Gasteiger partial charge in [-0.05, 0) is 48.2 Å². The summed E-state index contributed by atoms with van der Waals surface area (Å²) < 4.78 is 11.4. The fourth-order valence-electron chi connectivity index (χ4n) is 1.96. The number of hydrogen-bond donors (Lipinski definition) is 0. The predicted octanol–water partition coefficient (Wildman–Crippen LogP) is 5.76. The van der Waals surface area contributed by atoms with Crippen LogP contribution in [0.4, 0.5) is 5.00 Å². The highest BCUT2D eigenvalue weighted by atomic mass is 32.1. The van der Waals surface area contributed by atoms with E-state index in [0.717, 1.165) is 16.5 Å². The summed E-state index contributed by atoms with van der Waals surface area (Å²) in [5.74, 6) is 1.97.